The highest BCUT2D eigenvalue weighted by Gasteiger charge is 2.20. The molecule has 228 valence electrons. The van der Waals surface area contributed by atoms with Gasteiger partial charge in [-0.15, -0.1) is 24.2 Å². The van der Waals surface area contributed by atoms with Crippen LogP contribution in [0.25, 0.3) is 43.2 Å². The van der Waals surface area contributed by atoms with Gasteiger partial charge in [-0.2, -0.15) is 0 Å². The van der Waals surface area contributed by atoms with Crippen LogP contribution < -0.4 is 9.47 Å². The van der Waals surface area contributed by atoms with Gasteiger partial charge in [-0.3, -0.25) is 9.78 Å². The van der Waals surface area contributed by atoms with E-state index < -0.39 is 11.6 Å². The average molecular weight is 632 g/mol. The van der Waals surface area contributed by atoms with Gasteiger partial charge in [-0.05, 0) is 80.8 Å². The zero-order valence-corrected chi connectivity index (χ0v) is 27.0. The second kappa shape index (κ2) is 14.8. The molecule has 8 nitrogen and oxygen atoms in total. The van der Waals surface area contributed by atoms with Crippen molar-refractivity contribution in [2.24, 2.45) is 0 Å². The predicted molar refractivity (Wildman–Crippen MR) is 178 cm³/mol. The van der Waals surface area contributed by atoms with E-state index in [9.17, 15) is 9.90 Å². The minimum Gasteiger partial charge on any atom is -0.491 e. The maximum atomic E-state index is 11.7. The van der Waals surface area contributed by atoms with Crippen molar-refractivity contribution in [3.05, 3.63) is 77.1 Å². The van der Waals surface area contributed by atoms with E-state index in [-0.39, 0.29) is 6.42 Å². The van der Waals surface area contributed by atoms with Crippen LogP contribution in [0.5, 0.6) is 11.6 Å². The lowest BCUT2D eigenvalue weighted by molar-refractivity contribution is -0.136. The molecule has 0 aliphatic rings. The van der Waals surface area contributed by atoms with Gasteiger partial charge in [0.2, 0.25) is 0 Å². The first-order valence-electron chi connectivity index (χ1n) is 13.4. The van der Waals surface area contributed by atoms with E-state index in [2.05, 4.69) is 22.8 Å². The van der Waals surface area contributed by atoms with Gasteiger partial charge >= 0.3 is 5.97 Å². The van der Waals surface area contributed by atoms with E-state index in [1.54, 1.807) is 47.4 Å². The summed E-state index contributed by atoms with van der Waals surface area (Å²) < 4.78 is 11.6. The summed E-state index contributed by atoms with van der Waals surface area (Å²) in [5, 5.41) is 19.5. The summed E-state index contributed by atoms with van der Waals surface area (Å²) in [5.74, 6) is 0.0294. The van der Waals surface area contributed by atoms with E-state index >= 15 is 0 Å². The highest BCUT2D eigenvalue weighted by atomic mass is 35.5. The molecule has 3 aromatic heterocycles. The Balaban J connectivity index is 0.000000688. The number of hydrogen-bond acceptors (Lipinski definition) is 8. The number of aryl methyl sites for hydroxylation is 1. The Labute approximate surface area is 266 Å². The SMILES string of the molecule is C#C.CC(C)(C)O.COc1cc(-c2cc(-c3nc4cc(C)c(CC(=O)O)c(-c5ccc(Cl)cc5)c4s3)ccn2)cnc1OC. The Morgan fingerprint density at radius 3 is 2.23 bits per heavy atom. The maximum Gasteiger partial charge on any atom is 0.307 e. The van der Waals surface area contributed by atoms with Crippen LogP contribution in [0.4, 0.5) is 0 Å². The number of terminal acetylenes is 1. The minimum absolute atomic E-state index is 0.0846. The number of rotatable bonds is 7. The molecule has 0 saturated heterocycles. The molecule has 0 unspecified atom stereocenters. The molecule has 3 heterocycles. The average Bonchev–Trinajstić information content (AvgIpc) is 3.41. The van der Waals surface area contributed by atoms with Crippen LogP contribution in [0.1, 0.15) is 31.9 Å². The molecule has 0 atom stereocenters. The highest BCUT2D eigenvalue weighted by molar-refractivity contribution is 7.22. The summed E-state index contributed by atoms with van der Waals surface area (Å²) in [6.45, 7) is 7.15. The van der Waals surface area contributed by atoms with Gasteiger partial charge in [0.25, 0.3) is 5.88 Å². The lowest BCUT2D eigenvalue weighted by Crippen LogP contribution is -2.10. The Morgan fingerprint density at radius 1 is 0.977 bits per heavy atom. The van der Waals surface area contributed by atoms with Gasteiger partial charge in [0.1, 0.15) is 5.01 Å². The Morgan fingerprint density at radius 2 is 1.64 bits per heavy atom. The zero-order valence-electron chi connectivity index (χ0n) is 25.4. The van der Waals surface area contributed by atoms with Crippen LogP contribution in [0, 0.1) is 19.8 Å². The first kappa shape index (κ1) is 34.0. The van der Waals surface area contributed by atoms with Crippen LogP contribution in [0.3, 0.4) is 0 Å². The standard InChI is InChI=1S/C28H22ClN3O4S.C4H10O.C2H2/c1-15-10-22-26(25(20(15)13-24(33)34)16-4-6-19(29)7-5-16)37-28(32-22)17-8-9-30-21(11-17)18-12-23(35-2)27(36-3)31-14-18;1-4(2,3)5;1-2/h4-12,14H,13H2,1-3H3,(H,33,34);5H,1-3H3;1-2H. The summed E-state index contributed by atoms with van der Waals surface area (Å²) in [6.07, 6.45) is 11.3. The molecule has 5 rings (SSSR count). The smallest absolute Gasteiger partial charge is 0.307 e. The van der Waals surface area contributed by atoms with Crippen molar-refractivity contribution < 1.29 is 24.5 Å². The number of carboxylic acids is 1. The Kier molecular flexibility index (Phi) is 11.4. The van der Waals surface area contributed by atoms with Gasteiger partial charge < -0.3 is 19.7 Å². The molecule has 0 radical (unpaired) electrons. The second-order valence-electron chi connectivity index (χ2n) is 10.5. The number of aliphatic carboxylic acids is 1. The van der Waals surface area contributed by atoms with E-state index in [0.29, 0.717) is 22.3 Å². The Hall–Kier alpha value is -4.49. The number of halogens is 1. The highest BCUT2D eigenvalue weighted by Crippen LogP contribution is 2.41. The Bertz CT molecular complexity index is 1770. The summed E-state index contributed by atoms with van der Waals surface area (Å²) in [6, 6.07) is 15.1. The summed E-state index contributed by atoms with van der Waals surface area (Å²) in [7, 11) is 3.10. The predicted octanol–water partition coefficient (Wildman–Crippen LogP) is 7.72. The number of aliphatic hydroxyl groups is 1. The number of aromatic nitrogens is 3. The van der Waals surface area contributed by atoms with Crippen molar-refractivity contribution in [3.8, 4) is 57.4 Å². The van der Waals surface area contributed by atoms with Crippen molar-refractivity contribution in [2.75, 3.05) is 14.2 Å². The van der Waals surface area contributed by atoms with Gasteiger partial charge in [-0.25, -0.2) is 9.97 Å². The number of fused-ring (bicyclic) bond motifs is 1. The third-order valence-electron chi connectivity index (χ3n) is 6.01. The van der Waals surface area contributed by atoms with Crippen molar-refractivity contribution in [1.29, 1.82) is 0 Å². The molecular formula is C34H34ClN3O5S. The maximum absolute atomic E-state index is 11.7. The van der Waals surface area contributed by atoms with Crippen molar-refractivity contribution in [2.45, 2.75) is 39.7 Å². The van der Waals surface area contributed by atoms with Crippen LogP contribution in [0.2, 0.25) is 5.02 Å². The fourth-order valence-corrected chi connectivity index (χ4v) is 5.51. The molecule has 0 amide bonds. The van der Waals surface area contributed by atoms with Crippen molar-refractivity contribution in [1.82, 2.24) is 15.0 Å². The number of carbonyl (C=O) groups is 1. The van der Waals surface area contributed by atoms with E-state index in [4.69, 9.17) is 31.2 Å². The van der Waals surface area contributed by atoms with Crippen LogP contribution in [-0.2, 0) is 11.2 Å². The zero-order chi connectivity index (χ0) is 32.6. The summed E-state index contributed by atoms with van der Waals surface area (Å²) >= 11 is 7.65. The fourth-order valence-electron chi connectivity index (χ4n) is 4.25. The molecular weight excluding hydrogens is 598 g/mol. The molecule has 2 N–H and O–H groups in total. The number of methoxy groups -OCH3 is 2. The van der Waals surface area contributed by atoms with Crippen LogP contribution in [-0.4, -0.2) is 51.0 Å². The molecule has 0 bridgehead atoms. The number of hydrogen-bond donors (Lipinski definition) is 2. The number of pyridine rings is 2. The number of carboxylic acid groups (broad SMARTS) is 1. The summed E-state index contributed by atoms with van der Waals surface area (Å²) in [5.41, 5.74) is 6.11. The summed E-state index contributed by atoms with van der Waals surface area (Å²) in [4.78, 5) is 25.5. The quantitative estimate of drug-likeness (QED) is 0.175. The van der Waals surface area contributed by atoms with E-state index in [1.165, 1.54) is 11.3 Å². The topological polar surface area (TPSA) is 115 Å². The van der Waals surface area contributed by atoms with Gasteiger partial charge in [-0.1, -0.05) is 23.7 Å². The van der Waals surface area contributed by atoms with Crippen molar-refractivity contribution >= 4 is 39.1 Å². The molecule has 0 saturated carbocycles. The fraction of sp³-hybridized carbons (Fsp3) is 0.235. The normalized spacial score (nSPS) is 10.7. The third kappa shape index (κ3) is 8.54. The molecule has 2 aromatic carbocycles. The van der Waals surface area contributed by atoms with Gasteiger partial charge in [0.15, 0.2) is 5.75 Å². The molecule has 10 heteroatoms. The second-order valence-corrected chi connectivity index (χ2v) is 12.0. The first-order chi connectivity index (χ1) is 20.9. The molecule has 0 aliphatic heterocycles. The van der Waals surface area contributed by atoms with Crippen molar-refractivity contribution in [3.63, 3.8) is 0 Å². The largest absolute Gasteiger partial charge is 0.491 e. The number of ether oxygens (including phenoxy) is 2. The van der Waals surface area contributed by atoms with E-state index in [0.717, 1.165) is 48.6 Å². The lowest BCUT2D eigenvalue weighted by Gasteiger charge is -2.13. The molecule has 0 aliphatic carbocycles. The lowest BCUT2D eigenvalue weighted by atomic mass is 9.93. The van der Waals surface area contributed by atoms with Gasteiger partial charge in [0, 0.05) is 34.1 Å². The number of nitrogens with zero attached hydrogens (tertiary/aromatic N) is 3. The number of benzene rings is 2. The third-order valence-corrected chi connectivity index (χ3v) is 7.40. The molecule has 0 fully saturated rings. The van der Waals surface area contributed by atoms with E-state index in [1.807, 2.05) is 55.5 Å². The van der Waals surface area contributed by atoms with Gasteiger partial charge in [0.05, 0.1) is 42.2 Å². The minimum atomic E-state index is -0.885. The molecule has 0 spiro atoms. The number of thiazole rings is 1. The molecule has 5 aromatic rings. The van der Waals surface area contributed by atoms with Crippen LogP contribution in [0.15, 0.2) is 60.9 Å². The van der Waals surface area contributed by atoms with Crippen LogP contribution >= 0.6 is 22.9 Å². The first-order valence-corrected chi connectivity index (χ1v) is 14.6. The molecule has 44 heavy (non-hydrogen) atoms. The monoisotopic (exact) mass is 631 g/mol.